The Morgan fingerprint density at radius 3 is 2.50 bits per heavy atom. The van der Waals surface area contributed by atoms with Crippen LogP contribution in [0.3, 0.4) is 0 Å². The molecule has 0 saturated heterocycles. The maximum atomic E-state index is 13.6. The molecule has 0 aliphatic heterocycles. The van der Waals surface area contributed by atoms with Crippen LogP contribution >= 0.6 is 0 Å². The number of nitrogens with two attached hydrogens (primary N) is 1. The molecule has 3 rings (SSSR count). The summed E-state index contributed by atoms with van der Waals surface area (Å²) in [5, 5.41) is 0.133. The first-order valence-electron chi connectivity index (χ1n) is 5.89. The second-order valence-electron chi connectivity index (χ2n) is 5.15. The number of hydrogen-bond acceptors (Lipinski definition) is 2. The zero-order valence-corrected chi connectivity index (χ0v) is 10.3. The van der Waals surface area contributed by atoms with Gasteiger partial charge in [-0.3, -0.25) is 0 Å². The van der Waals surface area contributed by atoms with Crippen molar-refractivity contribution >= 4 is 11.0 Å². The highest BCUT2D eigenvalue weighted by molar-refractivity contribution is 5.83. The number of aryl methyl sites for hydroxylation is 1. The molecule has 0 bridgehead atoms. The van der Waals surface area contributed by atoms with E-state index in [9.17, 15) is 22.0 Å². The first-order valence-corrected chi connectivity index (χ1v) is 5.89. The van der Waals surface area contributed by atoms with Crippen LogP contribution in [0, 0.1) is 18.6 Å². The van der Waals surface area contributed by atoms with Gasteiger partial charge in [0.25, 0.3) is 0 Å². The second-order valence-corrected chi connectivity index (χ2v) is 5.15. The van der Waals surface area contributed by atoms with Crippen LogP contribution in [0.5, 0.6) is 0 Å². The number of furan rings is 1. The SMILES string of the molecule is Cc1c(C2C[C@@]2(N)C(F)(F)F)oc2c(F)cc(F)cc12. The highest BCUT2D eigenvalue weighted by Gasteiger charge is 2.70. The fraction of sp³-hybridized carbons (Fsp3) is 0.385. The molecule has 1 aromatic heterocycles. The Bertz CT molecular complexity index is 705. The highest BCUT2D eigenvalue weighted by atomic mass is 19.4. The van der Waals surface area contributed by atoms with Gasteiger partial charge in [-0.25, -0.2) is 8.78 Å². The van der Waals surface area contributed by atoms with Crippen LogP contribution in [-0.2, 0) is 0 Å². The van der Waals surface area contributed by atoms with Crippen molar-refractivity contribution in [2.75, 3.05) is 0 Å². The van der Waals surface area contributed by atoms with E-state index in [1.807, 2.05) is 0 Å². The van der Waals surface area contributed by atoms with Gasteiger partial charge < -0.3 is 10.2 Å². The molecule has 0 radical (unpaired) electrons. The fourth-order valence-electron chi connectivity index (χ4n) is 2.51. The van der Waals surface area contributed by atoms with E-state index >= 15 is 0 Å². The monoisotopic (exact) mass is 291 g/mol. The lowest BCUT2D eigenvalue weighted by Gasteiger charge is -2.15. The standard InChI is InChI=1S/C13H10F5NO/c1-5-7-2-6(14)3-9(15)11(7)20-10(5)8-4-12(8,19)13(16,17)18/h2-3,8H,4,19H2,1H3/t8?,12-/m0/s1. The molecule has 2 nitrogen and oxygen atoms in total. The number of alkyl halides is 3. The highest BCUT2D eigenvalue weighted by Crippen LogP contribution is 2.59. The molecule has 1 aliphatic carbocycles. The van der Waals surface area contributed by atoms with Crippen molar-refractivity contribution in [3.63, 3.8) is 0 Å². The van der Waals surface area contributed by atoms with Crippen molar-refractivity contribution in [3.8, 4) is 0 Å². The van der Waals surface area contributed by atoms with Gasteiger partial charge in [-0.2, -0.15) is 13.2 Å². The molecule has 1 aromatic carbocycles. The van der Waals surface area contributed by atoms with E-state index < -0.39 is 29.3 Å². The smallest absolute Gasteiger partial charge is 0.407 e. The third-order valence-corrected chi connectivity index (χ3v) is 3.84. The molecule has 0 spiro atoms. The molecule has 1 heterocycles. The molecule has 108 valence electrons. The van der Waals surface area contributed by atoms with Gasteiger partial charge >= 0.3 is 6.18 Å². The largest absolute Gasteiger partial charge is 0.457 e. The summed E-state index contributed by atoms with van der Waals surface area (Å²) in [7, 11) is 0. The summed E-state index contributed by atoms with van der Waals surface area (Å²) >= 11 is 0. The Balaban J connectivity index is 2.12. The van der Waals surface area contributed by atoms with E-state index in [2.05, 4.69) is 0 Å². The Hall–Kier alpha value is -1.63. The number of hydrogen-bond donors (Lipinski definition) is 1. The van der Waals surface area contributed by atoms with Crippen molar-refractivity contribution in [3.05, 3.63) is 35.1 Å². The topological polar surface area (TPSA) is 39.2 Å². The van der Waals surface area contributed by atoms with Gasteiger partial charge in [-0.15, -0.1) is 0 Å². The van der Waals surface area contributed by atoms with E-state index in [-0.39, 0.29) is 23.2 Å². The third kappa shape index (κ3) is 1.65. The maximum Gasteiger partial charge on any atom is 0.407 e. The molecule has 1 unspecified atom stereocenters. The van der Waals surface area contributed by atoms with Gasteiger partial charge in [0.2, 0.25) is 0 Å². The molecule has 1 aliphatic rings. The van der Waals surface area contributed by atoms with Gasteiger partial charge in [0, 0.05) is 17.4 Å². The average Bonchev–Trinajstić information content (AvgIpc) is 2.90. The Labute approximate surface area is 110 Å². The lowest BCUT2D eigenvalue weighted by Crippen LogP contribution is -2.41. The zero-order valence-electron chi connectivity index (χ0n) is 10.3. The maximum absolute atomic E-state index is 13.6. The first-order chi connectivity index (χ1) is 9.15. The van der Waals surface area contributed by atoms with Gasteiger partial charge in [0.1, 0.15) is 17.1 Å². The van der Waals surface area contributed by atoms with E-state index in [1.165, 1.54) is 6.92 Å². The minimum Gasteiger partial charge on any atom is -0.457 e. The van der Waals surface area contributed by atoms with Crippen molar-refractivity contribution in [1.82, 2.24) is 0 Å². The van der Waals surface area contributed by atoms with Crippen LogP contribution in [0.2, 0.25) is 0 Å². The summed E-state index contributed by atoms with van der Waals surface area (Å²) in [4.78, 5) is 0. The summed E-state index contributed by atoms with van der Waals surface area (Å²) in [6, 6.07) is 1.66. The summed E-state index contributed by atoms with van der Waals surface area (Å²) in [6.07, 6.45) is -4.88. The van der Waals surface area contributed by atoms with Gasteiger partial charge in [-0.05, 0) is 25.0 Å². The lowest BCUT2D eigenvalue weighted by molar-refractivity contribution is -0.158. The number of halogens is 5. The molecule has 1 saturated carbocycles. The molecule has 1 fully saturated rings. The lowest BCUT2D eigenvalue weighted by atomic mass is 10.1. The Kier molecular flexibility index (Phi) is 2.48. The number of rotatable bonds is 1. The summed E-state index contributed by atoms with van der Waals surface area (Å²) in [6.45, 7) is 1.47. The van der Waals surface area contributed by atoms with Crippen LogP contribution in [0.1, 0.15) is 23.7 Å². The quantitative estimate of drug-likeness (QED) is 0.812. The number of benzene rings is 1. The molecular weight excluding hydrogens is 281 g/mol. The summed E-state index contributed by atoms with van der Waals surface area (Å²) < 4.78 is 70.3. The van der Waals surface area contributed by atoms with Crippen LogP contribution in [0.4, 0.5) is 22.0 Å². The summed E-state index contributed by atoms with van der Waals surface area (Å²) in [5.74, 6) is -2.83. The predicted octanol–water partition coefficient (Wildman–Crippen LogP) is 3.77. The first kappa shape index (κ1) is 13.4. The van der Waals surface area contributed by atoms with Gasteiger partial charge in [-0.1, -0.05) is 0 Å². The fourth-order valence-corrected chi connectivity index (χ4v) is 2.51. The zero-order chi connectivity index (χ0) is 14.9. The van der Waals surface area contributed by atoms with Crippen LogP contribution < -0.4 is 5.73 Å². The van der Waals surface area contributed by atoms with Crippen molar-refractivity contribution in [1.29, 1.82) is 0 Å². The van der Waals surface area contributed by atoms with Crippen molar-refractivity contribution in [2.45, 2.75) is 31.0 Å². The predicted molar refractivity (Wildman–Crippen MR) is 61.2 cm³/mol. The number of fused-ring (bicyclic) bond motifs is 1. The van der Waals surface area contributed by atoms with Gasteiger partial charge in [0.15, 0.2) is 11.4 Å². The Morgan fingerprint density at radius 1 is 1.30 bits per heavy atom. The molecule has 2 aromatic rings. The van der Waals surface area contributed by atoms with Crippen molar-refractivity contribution in [2.24, 2.45) is 5.73 Å². The molecule has 0 amide bonds. The molecular formula is C13H10F5NO. The molecule has 2 N–H and O–H groups in total. The normalized spacial score (nSPS) is 26.2. The second kappa shape index (κ2) is 3.72. The average molecular weight is 291 g/mol. The van der Waals surface area contributed by atoms with E-state index in [4.69, 9.17) is 10.2 Å². The third-order valence-electron chi connectivity index (χ3n) is 3.84. The van der Waals surface area contributed by atoms with Gasteiger partial charge in [0.05, 0.1) is 0 Å². The molecule has 20 heavy (non-hydrogen) atoms. The van der Waals surface area contributed by atoms with Crippen LogP contribution in [0.25, 0.3) is 11.0 Å². The summed E-state index contributed by atoms with van der Waals surface area (Å²) in [5.41, 5.74) is 3.01. The molecule has 7 heteroatoms. The van der Waals surface area contributed by atoms with E-state index in [0.717, 1.165) is 6.07 Å². The minimum absolute atomic E-state index is 0.0238. The van der Waals surface area contributed by atoms with Crippen LogP contribution in [0.15, 0.2) is 16.5 Å². The Morgan fingerprint density at radius 2 is 1.95 bits per heavy atom. The van der Waals surface area contributed by atoms with Crippen molar-refractivity contribution < 1.29 is 26.4 Å². The van der Waals surface area contributed by atoms with E-state index in [1.54, 1.807) is 0 Å². The molecule has 2 atom stereocenters. The minimum atomic E-state index is -4.56. The van der Waals surface area contributed by atoms with E-state index in [0.29, 0.717) is 11.6 Å². The van der Waals surface area contributed by atoms with Crippen LogP contribution in [-0.4, -0.2) is 11.7 Å².